The highest BCUT2D eigenvalue weighted by Gasteiger charge is 2.25. The van der Waals surface area contributed by atoms with E-state index in [0.717, 1.165) is 22.7 Å². The van der Waals surface area contributed by atoms with E-state index >= 15 is 0 Å². The molecule has 0 aliphatic rings. The first-order valence-electron chi connectivity index (χ1n) is 8.82. The van der Waals surface area contributed by atoms with Crippen molar-refractivity contribution in [3.63, 3.8) is 0 Å². The molecule has 0 bridgehead atoms. The lowest BCUT2D eigenvalue weighted by Gasteiger charge is -2.26. The van der Waals surface area contributed by atoms with Gasteiger partial charge in [0.15, 0.2) is 5.82 Å². The fraction of sp³-hybridized carbons (Fsp3) is 0.368. The van der Waals surface area contributed by atoms with Crippen LogP contribution in [-0.4, -0.2) is 35.8 Å². The van der Waals surface area contributed by atoms with E-state index in [1.54, 1.807) is 0 Å². The van der Waals surface area contributed by atoms with Crippen LogP contribution in [0.1, 0.15) is 19.7 Å². The molecule has 0 saturated heterocycles. The molecule has 2 heterocycles. The maximum Gasteiger partial charge on any atom is 0.208 e. The number of rotatable bonds is 8. The molecule has 0 unspecified atom stereocenters. The highest BCUT2D eigenvalue weighted by atomic mass is 32.2. The van der Waals surface area contributed by atoms with Gasteiger partial charge in [0.05, 0.1) is 23.6 Å². The fourth-order valence-electron chi connectivity index (χ4n) is 3.13. The lowest BCUT2D eigenvalue weighted by Crippen LogP contribution is -2.36. The second-order valence-corrected chi connectivity index (χ2v) is 9.39. The standard InChI is InChI=1S/C19H25N5O3S/c1-5-27-10-15-23-16-17(13-8-6-7-9-14(13)22-18(16)20)24(15)12-19(2,3)11-21-28(4,25)26/h5-9,21H,1,10-12H2,2-4H3,(H2,20,22). The van der Waals surface area contributed by atoms with E-state index in [1.165, 1.54) is 6.26 Å². The zero-order chi connectivity index (χ0) is 20.5. The van der Waals surface area contributed by atoms with E-state index in [1.807, 2.05) is 42.7 Å². The van der Waals surface area contributed by atoms with Crippen LogP contribution in [0.2, 0.25) is 0 Å². The second kappa shape index (κ2) is 7.40. The first-order valence-corrected chi connectivity index (χ1v) is 10.7. The van der Waals surface area contributed by atoms with Crippen molar-refractivity contribution < 1.29 is 13.2 Å². The summed E-state index contributed by atoms with van der Waals surface area (Å²) in [4.78, 5) is 9.11. The fourth-order valence-corrected chi connectivity index (χ4v) is 3.78. The van der Waals surface area contributed by atoms with Gasteiger partial charge in [0, 0.05) is 18.5 Å². The third kappa shape index (κ3) is 4.26. The summed E-state index contributed by atoms with van der Waals surface area (Å²) in [5, 5.41) is 0.927. The third-order valence-corrected chi connectivity index (χ3v) is 5.09. The molecule has 0 aliphatic carbocycles. The first kappa shape index (κ1) is 20.1. The number of hydrogen-bond donors (Lipinski definition) is 2. The Hall–Kier alpha value is -2.65. The van der Waals surface area contributed by atoms with Crippen LogP contribution in [0.25, 0.3) is 21.9 Å². The van der Waals surface area contributed by atoms with E-state index in [0.29, 0.717) is 23.7 Å². The van der Waals surface area contributed by atoms with E-state index < -0.39 is 15.4 Å². The van der Waals surface area contributed by atoms with Crippen LogP contribution in [0.3, 0.4) is 0 Å². The minimum absolute atomic E-state index is 0.224. The predicted octanol–water partition coefficient (Wildman–Crippen LogP) is 2.40. The summed E-state index contributed by atoms with van der Waals surface area (Å²) in [6.07, 6.45) is 2.51. The molecule has 0 atom stereocenters. The number of pyridine rings is 1. The number of anilines is 1. The van der Waals surface area contributed by atoms with E-state index in [9.17, 15) is 8.42 Å². The van der Waals surface area contributed by atoms with Crippen LogP contribution >= 0.6 is 0 Å². The number of nitrogens with two attached hydrogens (primary N) is 1. The van der Waals surface area contributed by atoms with Crippen LogP contribution in [0.4, 0.5) is 5.82 Å². The Labute approximate surface area is 164 Å². The molecule has 1 aromatic carbocycles. The zero-order valence-electron chi connectivity index (χ0n) is 16.3. The molecule has 9 heteroatoms. The maximum absolute atomic E-state index is 11.5. The summed E-state index contributed by atoms with van der Waals surface area (Å²) in [7, 11) is -3.29. The van der Waals surface area contributed by atoms with Crippen molar-refractivity contribution in [1.29, 1.82) is 0 Å². The van der Waals surface area contributed by atoms with Gasteiger partial charge in [-0.25, -0.2) is 23.1 Å². The summed E-state index contributed by atoms with van der Waals surface area (Å²) in [5.74, 6) is 1.02. The van der Waals surface area contributed by atoms with Gasteiger partial charge in [-0.15, -0.1) is 0 Å². The maximum atomic E-state index is 11.5. The molecule has 0 aliphatic heterocycles. The molecule has 3 aromatic rings. The topological polar surface area (TPSA) is 112 Å². The summed E-state index contributed by atoms with van der Waals surface area (Å²) in [5.41, 5.74) is 8.02. The molecule has 3 rings (SSSR count). The highest BCUT2D eigenvalue weighted by molar-refractivity contribution is 7.88. The Bertz CT molecular complexity index is 1140. The smallest absolute Gasteiger partial charge is 0.208 e. The Morgan fingerprint density at radius 2 is 2.04 bits per heavy atom. The molecule has 0 saturated carbocycles. The van der Waals surface area contributed by atoms with Crippen molar-refractivity contribution in [1.82, 2.24) is 19.3 Å². The number of para-hydroxylation sites is 1. The highest BCUT2D eigenvalue weighted by Crippen LogP contribution is 2.31. The van der Waals surface area contributed by atoms with Gasteiger partial charge in [-0.3, -0.25) is 0 Å². The van der Waals surface area contributed by atoms with Crippen molar-refractivity contribution in [3.8, 4) is 0 Å². The van der Waals surface area contributed by atoms with Crippen LogP contribution < -0.4 is 10.5 Å². The molecule has 8 nitrogen and oxygen atoms in total. The zero-order valence-corrected chi connectivity index (χ0v) is 17.1. The Morgan fingerprint density at radius 3 is 2.71 bits per heavy atom. The normalized spacial score (nSPS) is 12.5. The van der Waals surface area contributed by atoms with Gasteiger partial charge in [0.25, 0.3) is 0 Å². The van der Waals surface area contributed by atoms with Gasteiger partial charge in [-0.1, -0.05) is 38.6 Å². The van der Waals surface area contributed by atoms with Crippen molar-refractivity contribution in [3.05, 3.63) is 42.9 Å². The monoisotopic (exact) mass is 403 g/mol. The van der Waals surface area contributed by atoms with Crippen LogP contribution in [-0.2, 0) is 27.9 Å². The summed E-state index contributed by atoms with van der Waals surface area (Å²) >= 11 is 0. The Morgan fingerprint density at radius 1 is 1.32 bits per heavy atom. The number of benzene rings is 1. The van der Waals surface area contributed by atoms with Crippen molar-refractivity contribution >= 4 is 37.8 Å². The van der Waals surface area contributed by atoms with Gasteiger partial charge in [-0.2, -0.15) is 0 Å². The van der Waals surface area contributed by atoms with Crippen molar-refractivity contribution in [2.24, 2.45) is 5.41 Å². The summed E-state index contributed by atoms with van der Waals surface area (Å²) in [6.45, 7) is 8.58. The lowest BCUT2D eigenvalue weighted by molar-refractivity contribution is 0.217. The largest absolute Gasteiger partial charge is 0.494 e. The molecule has 150 valence electrons. The number of sulfonamides is 1. The van der Waals surface area contributed by atoms with Gasteiger partial charge in [0.2, 0.25) is 10.0 Å². The predicted molar refractivity (Wildman–Crippen MR) is 111 cm³/mol. The summed E-state index contributed by atoms with van der Waals surface area (Å²) < 4.78 is 33.1. The third-order valence-electron chi connectivity index (χ3n) is 4.42. The molecule has 0 fully saturated rings. The molecule has 2 aromatic heterocycles. The van der Waals surface area contributed by atoms with E-state index in [4.69, 9.17) is 10.5 Å². The molecular formula is C19H25N5O3S. The average molecular weight is 404 g/mol. The molecule has 0 spiro atoms. The quantitative estimate of drug-likeness (QED) is 0.559. The lowest BCUT2D eigenvalue weighted by atomic mass is 9.93. The first-order chi connectivity index (χ1) is 13.1. The minimum atomic E-state index is -3.29. The van der Waals surface area contributed by atoms with Crippen LogP contribution in [0, 0.1) is 5.41 Å². The van der Waals surface area contributed by atoms with Crippen LogP contribution in [0.5, 0.6) is 0 Å². The number of nitrogen functional groups attached to an aromatic ring is 1. The van der Waals surface area contributed by atoms with Gasteiger partial charge in [-0.05, 0) is 11.5 Å². The molecule has 0 amide bonds. The Kier molecular flexibility index (Phi) is 5.31. The molecule has 0 radical (unpaired) electrons. The number of fused-ring (bicyclic) bond motifs is 3. The second-order valence-electron chi connectivity index (χ2n) is 7.56. The van der Waals surface area contributed by atoms with Crippen molar-refractivity contribution in [2.45, 2.75) is 27.0 Å². The van der Waals surface area contributed by atoms with Crippen molar-refractivity contribution in [2.75, 3.05) is 18.5 Å². The molecule has 28 heavy (non-hydrogen) atoms. The van der Waals surface area contributed by atoms with Gasteiger partial charge < -0.3 is 15.0 Å². The van der Waals surface area contributed by atoms with E-state index in [2.05, 4.69) is 21.3 Å². The Balaban J connectivity index is 2.16. The van der Waals surface area contributed by atoms with E-state index in [-0.39, 0.29) is 13.2 Å². The number of imidazole rings is 1. The van der Waals surface area contributed by atoms with Gasteiger partial charge >= 0.3 is 0 Å². The number of nitrogens with one attached hydrogen (secondary N) is 1. The van der Waals surface area contributed by atoms with Gasteiger partial charge in [0.1, 0.15) is 17.9 Å². The number of nitrogens with zero attached hydrogens (tertiary/aromatic N) is 3. The molecule has 3 N–H and O–H groups in total. The van der Waals surface area contributed by atoms with Crippen LogP contribution in [0.15, 0.2) is 37.1 Å². The number of aromatic nitrogens is 3. The molecular weight excluding hydrogens is 378 g/mol. The minimum Gasteiger partial charge on any atom is -0.494 e. The number of hydrogen-bond acceptors (Lipinski definition) is 6. The summed E-state index contributed by atoms with van der Waals surface area (Å²) in [6, 6.07) is 7.72. The average Bonchev–Trinajstić information content (AvgIpc) is 2.97. The SMILES string of the molecule is C=COCc1nc2c(N)nc3ccccc3c2n1CC(C)(C)CNS(C)(=O)=O. The number of ether oxygens (including phenoxy) is 1.